The highest BCUT2D eigenvalue weighted by molar-refractivity contribution is 5.81. The predicted octanol–water partition coefficient (Wildman–Crippen LogP) is 3.32. The van der Waals surface area contributed by atoms with E-state index >= 15 is 0 Å². The molecule has 0 aromatic carbocycles. The van der Waals surface area contributed by atoms with Gasteiger partial charge in [0.25, 0.3) is 0 Å². The maximum absolute atomic E-state index is 10.9. The highest BCUT2D eigenvalue weighted by Crippen LogP contribution is 2.07. The summed E-state index contributed by atoms with van der Waals surface area (Å²) in [5.41, 5.74) is 0. The van der Waals surface area contributed by atoms with Gasteiger partial charge in [-0.05, 0) is 19.3 Å². The predicted molar refractivity (Wildman–Crippen MR) is 59.1 cm³/mol. The summed E-state index contributed by atoms with van der Waals surface area (Å²) in [5.74, 6) is 0.553. The fraction of sp³-hybridized carbons (Fsp3) is 0.750. The minimum atomic E-state index is -0.226. The van der Waals surface area contributed by atoms with Crippen molar-refractivity contribution in [3.63, 3.8) is 0 Å². The molecule has 0 unspecified atom stereocenters. The number of carbonyl (C=O) groups is 1. The van der Waals surface area contributed by atoms with Gasteiger partial charge in [0, 0.05) is 6.08 Å². The molecule has 0 rings (SSSR count). The van der Waals surface area contributed by atoms with Crippen molar-refractivity contribution in [2.75, 3.05) is 6.61 Å². The lowest BCUT2D eigenvalue weighted by Crippen LogP contribution is -2.02. The lowest BCUT2D eigenvalue weighted by atomic mass is 10.1. The SMILES string of the molecule is C/C=C/C(=O)OCCCCCC(C)C. The Morgan fingerprint density at radius 3 is 2.57 bits per heavy atom. The standard InChI is InChI=1S/C12H22O2/c1-4-8-12(13)14-10-7-5-6-9-11(2)3/h4,8,11H,5-7,9-10H2,1-3H3/b8-4+. The van der Waals surface area contributed by atoms with E-state index in [0.717, 1.165) is 18.8 Å². The van der Waals surface area contributed by atoms with Crippen molar-refractivity contribution >= 4 is 5.97 Å². The Labute approximate surface area is 87.3 Å². The summed E-state index contributed by atoms with van der Waals surface area (Å²) in [7, 11) is 0. The highest BCUT2D eigenvalue weighted by atomic mass is 16.5. The van der Waals surface area contributed by atoms with Crippen LogP contribution in [0.3, 0.4) is 0 Å². The monoisotopic (exact) mass is 198 g/mol. The summed E-state index contributed by atoms with van der Waals surface area (Å²) in [4.78, 5) is 10.9. The molecule has 0 aliphatic carbocycles. The highest BCUT2D eigenvalue weighted by Gasteiger charge is 1.97. The number of ether oxygens (including phenoxy) is 1. The Morgan fingerprint density at radius 1 is 1.29 bits per heavy atom. The third-order valence-corrected chi connectivity index (χ3v) is 1.97. The first kappa shape index (κ1) is 13.2. The van der Waals surface area contributed by atoms with Crippen molar-refractivity contribution in [2.24, 2.45) is 5.92 Å². The van der Waals surface area contributed by atoms with Crippen molar-refractivity contribution in [3.8, 4) is 0 Å². The number of esters is 1. The van der Waals surface area contributed by atoms with E-state index in [1.807, 2.05) is 6.92 Å². The smallest absolute Gasteiger partial charge is 0.330 e. The molecule has 0 fully saturated rings. The molecule has 0 aromatic rings. The van der Waals surface area contributed by atoms with Gasteiger partial charge in [0.05, 0.1) is 6.61 Å². The van der Waals surface area contributed by atoms with Gasteiger partial charge >= 0.3 is 5.97 Å². The lowest BCUT2D eigenvalue weighted by molar-refractivity contribution is -0.137. The van der Waals surface area contributed by atoms with Crippen LogP contribution in [0.2, 0.25) is 0 Å². The molecule has 0 radical (unpaired) electrons. The van der Waals surface area contributed by atoms with Gasteiger partial charge in [0.1, 0.15) is 0 Å². The third-order valence-electron chi connectivity index (χ3n) is 1.97. The molecule has 14 heavy (non-hydrogen) atoms. The molecule has 0 aromatic heterocycles. The number of rotatable bonds is 7. The van der Waals surface area contributed by atoms with Crippen LogP contribution in [0.1, 0.15) is 46.5 Å². The molecule has 2 nitrogen and oxygen atoms in total. The molecule has 0 saturated carbocycles. The summed E-state index contributed by atoms with van der Waals surface area (Å²) in [5, 5.41) is 0. The summed E-state index contributed by atoms with van der Waals surface area (Å²) in [6.07, 6.45) is 7.79. The molecule has 0 bridgehead atoms. The van der Waals surface area contributed by atoms with Crippen molar-refractivity contribution in [1.82, 2.24) is 0 Å². The largest absolute Gasteiger partial charge is 0.463 e. The fourth-order valence-electron chi connectivity index (χ4n) is 1.19. The van der Waals surface area contributed by atoms with E-state index in [1.165, 1.54) is 18.9 Å². The van der Waals surface area contributed by atoms with Gasteiger partial charge in [0.15, 0.2) is 0 Å². The zero-order chi connectivity index (χ0) is 10.8. The van der Waals surface area contributed by atoms with Crippen LogP contribution in [0.15, 0.2) is 12.2 Å². The van der Waals surface area contributed by atoms with Crippen LogP contribution >= 0.6 is 0 Å². The number of hydrogen-bond donors (Lipinski definition) is 0. The Hall–Kier alpha value is -0.790. The first-order valence-electron chi connectivity index (χ1n) is 5.46. The molecule has 82 valence electrons. The van der Waals surface area contributed by atoms with E-state index in [-0.39, 0.29) is 5.97 Å². The Balaban J connectivity index is 3.17. The fourth-order valence-corrected chi connectivity index (χ4v) is 1.19. The maximum atomic E-state index is 10.9. The molecular weight excluding hydrogens is 176 g/mol. The average Bonchev–Trinajstić information content (AvgIpc) is 2.11. The van der Waals surface area contributed by atoms with E-state index in [9.17, 15) is 4.79 Å². The Bertz CT molecular complexity index is 171. The van der Waals surface area contributed by atoms with Gasteiger partial charge in [-0.3, -0.25) is 0 Å². The second-order valence-corrected chi connectivity index (χ2v) is 3.91. The third kappa shape index (κ3) is 9.30. The molecule has 0 aliphatic rings. The van der Waals surface area contributed by atoms with E-state index < -0.39 is 0 Å². The average molecular weight is 198 g/mol. The van der Waals surface area contributed by atoms with E-state index in [1.54, 1.807) is 6.08 Å². The van der Waals surface area contributed by atoms with E-state index in [2.05, 4.69) is 13.8 Å². The molecule has 0 atom stereocenters. The quantitative estimate of drug-likeness (QED) is 0.356. The summed E-state index contributed by atoms with van der Waals surface area (Å²) in [6.45, 7) is 6.82. The zero-order valence-electron chi connectivity index (χ0n) is 9.58. The minimum absolute atomic E-state index is 0.226. The van der Waals surface area contributed by atoms with Crippen LogP contribution in [0.5, 0.6) is 0 Å². The van der Waals surface area contributed by atoms with E-state index in [0.29, 0.717) is 6.61 Å². The van der Waals surface area contributed by atoms with Crippen LogP contribution in [0.25, 0.3) is 0 Å². The molecule has 0 heterocycles. The first-order valence-corrected chi connectivity index (χ1v) is 5.46. The van der Waals surface area contributed by atoms with Crippen molar-refractivity contribution < 1.29 is 9.53 Å². The van der Waals surface area contributed by atoms with Crippen LogP contribution in [-0.2, 0) is 9.53 Å². The van der Waals surface area contributed by atoms with Crippen molar-refractivity contribution in [2.45, 2.75) is 46.5 Å². The van der Waals surface area contributed by atoms with E-state index in [4.69, 9.17) is 4.74 Å². The summed E-state index contributed by atoms with van der Waals surface area (Å²) in [6, 6.07) is 0. The molecule has 0 saturated heterocycles. The second-order valence-electron chi connectivity index (χ2n) is 3.91. The molecule has 0 aliphatic heterocycles. The maximum Gasteiger partial charge on any atom is 0.330 e. The van der Waals surface area contributed by atoms with Crippen LogP contribution in [0, 0.1) is 5.92 Å². The van der Waals surface area contributed by atoms with Crippen LogP contribution in [-0.4, -0.2) is 12.6 Å². The topological polar surface area (TPSA) is 26.3 Å². The van der Waals surface area contributed by atoms with Crippen molar-refractivity contribution in [1.29, 1.82) is 0 Å². The molecule has 0 N–H and O–H groups in total. The van der Waals surface area contributed by atoms with Gasteiger partial charge in [-0.1, -0.05) is 39.2 Å². The minimum Gasteiger partial charge on any atom is -0.463 e. The van der Waals surface area contributed by atoms with Gasteiger partial charge in [0.2, 0.25) is 0 Å². The van der Waals surface area contributed by atoms with Gasteiger partial charge in [-0.15, -0.1) is 0 Å². The second kappa shape index (κ2) is 8.79. The van der Waals surface area contributed by atoms with Gasteiger partial charge < -0.3 is 4.74 Å². The Morgan fingerprint density at radius 2 is 2.00 bits per heavy atom. The summed E-state index contributed by atoms with van der Waals surface area (Å²) < 4.78 is 4.96. The van der Waals surface area contributed by atoms with Gasteiger partial charge in [-0.25, -0.2) is 4.79 Å². The number of carbonyl (C=O) groups excluding carboxylic acids is 1. The Kier molecular flexibility index (Phi) is 8.30. The summed E-state index contributed by atoms with van der Waals surface area (Å²) >= 11 is 0. The molecule has 2 heteroatoms. The zero-order valence-corrected chi connectivity index (χ0v) is 9.58. The number of allylic oxidation sites excluding steroid dienone is 1. The first-order chi connectivity index (χ1) is 6.66. The van der Waals surface area contributed by atoms with Gasteiger partial charge in [-0.2, -0.15) is 0 Å². The molecule has 0 spiro atoms. The number of hydrogen-bond acceptors (Lipinski definition) is 2. The normalized spacial score (nSPS) is 11.1. The van der Waals surface area contributed by atoms with Crippen LogP contribution in [0.4, 0.5) is 0 Å². The lowest BCUT2D eigenvalue weighted by Gasteiger charge is -2.04. The van der Waals surface area contributed by atoms with Crippen molar-refractivity contribution in [3.05, 3.63) is 12.2 Å². The molecular formula is C12H22O2. The number of unbranched alkanes of at least 4 members (excludes halogenated alkanes) is 2. The van der Waals surface area contributed by atoms with Crippen LogP contribution < -0.4 is 0 Å². The molecule has 0 amide bonds.